The fourth-order valence-electron chi connectivity index (χ4n) is 5.30. The quantitative estimate of drug-likeness (QED) is 0.245. The summed E-state index contributed by atoms with van der Waals surface area (Å²) in [6, 6.07) is 7.35. The van der Waals surface area contributed by atoms with Crippen LogP contribution in [0.3, 0.4) is 0 Å². The smallest absolute Gasteiger partial charge is 0.434 e. The number of aromatic nitrogens is 8. The van der Waals surface area contributed by atoms with Gasteiger partial charge in [-0.05, 0) is 31.7 Å². The maximum Gasteiger partial charge on any atom is 0.434 e. The number of hydrogen-bond acceptors (Lipinski definition) is 8. The summed E-state index contributed by atoms with van der Waals surface area (Å²) < 4.78 is 48.8. The highest BCUT2D eigenvalue weighted by Crippen LogP contribution is 2.45. The second-order valence-corrected chi connectivity index (χ2v) is 10.6. The summed E-state index contributed by atoms with van der Waals surface area (Å²) in [4.78, 5) is 24.6. The van der Waals surface area contributed by atoms with Crippen LogP contribution < -0.4 is 9.64 Å². The first-order valence-electron chi connectivity index (χ1n) is 14.0. The Balaban J connectivity index is 1.26. The number of ether oxygens (including phenoxy) is 1. The molecule has 5 heterocycles. The lowest BCUT2D eigenvalue weighted by Crippen LogP contribution is -2.37. The standard InChI is InChI=1S/C29H28F3N9O/c1-3-39-15-21(29(30,31)32)36-25(39)19-7-5-17(6-8-19)14-41-26-20(27(38-41)40-11-4-12-40)13-33-24(37-26)22-23(18-9-10-18)34-16-35-28(22)42-2/h5-8,13,15-16,18H,3-4,9-12,14H2,1-2H3. The van der Waals surface area contributed by atoms with Gasteiger partial charge in [-0.3, -0.25) is 0 Å². The van der Waals surface area contributed by atoms with Crippen LogP contribution >= 0.6 is 0 Å². The van der Waals surface area contributed by atoms with Crippen LogP contribution in [0.5, 0.6) is 5.88 Å². The van der Waals surface area contributed by atoms with Gasteiger partial charge in [0.1, 0.15) is 17.7 Å². The number of imidazole rings is 1. The van der Waals surface area contributed by atoms with Gasteiger partial charge in [0.25, 0.3) is 0 Å². The summed E-state index contributed by atoms with van der Waals surface area (Å²) >= 11 is 0. The highest BCUT2D eigenvalue weighted by Gasteiger charge is 2.35. The molecule has 1 saturated carbocycles. The molecular weight excluding hydrogens is 547 g/mol. The zero-order valence-electron chi connectivity index (χ0n) is 23.1. The molecule has 42 heavy (non-hydrogen) atoms. The Kier molecular flexibility index (Phi) is 6.32. The van der Waals surface area contributed by atoms with E-state index in [0.29, 0.717) is 47.5 Å². The fraction of sp³-hybridized carbons (Fsp3) is 0.379. The van der Waals surface area contributed by atoms with Crippen molar-refractivity contribution in [2.45, 2.75) is 51.4 Å². The molecule has 2 aliphatic rings. The van der Waals surface area contributed by atoms with Crippen molar-refractivity contribution in [2.75, 3.05) is 25.1 Å². The van der Waals surface area contributed by atoms with E-state index in [1.807, 2.05) is 23.0 Å². The average Bonchev–Trinajstić information content (AvgIpc) is 3.62. The van der Waals surface area contributed by atoms with Gasteiger partial charge in [0.05, 0.1) is 24.7 Å². The Morgan fingerprint density at radius 2 is 1.81 bits per heavy atom. The summed E-state index contributed by atoms with van der Waals surface area (Å²) in [5.41, 5.74) is 2.90. The highest BCUT2D eigenvalue weighted by atomic mass is 19.4. The second kappa shape index (κ2) is 10.1. The molecule has 0 bridgehead atoms. The van der Waals surface area contributed by atoms with Crippen molar-refractivity contribution >= 4 is 16.9 Å². The topological polar surface area (TPSA) is 99.7 Å². The van der Waals surface area contributed by atoms with E-state index < -0.39 is 11.9 Å². The van der Waals surface area contributed by atoms with Crippen LogP contribution in [-0.4, -0.2) is 59.5 Å². The minimum Gasteiger partial charge on any atom is -0.480 e. The van der Waals surface area contributed by atoms with Gasteiger partial charge in [-0.1, -0.05) is 24.3 Å². The van der Waals surface area contributed by atoms with Gasteiger partial charge >= 0.3 is 6.18 Å². The molecule has 2 fully saturated rings. The molecule has 1 aliphatic heterocycles. The van der Waals surface area contributed by atoms with Crippen LogP contribution in [0.4, 0.5) is 19.0 Å². The number of halogens is 3. The summed E-state index contributed by atoms with van der Waals surface area (Å²) in [5.74, 6) is 2.38. The van der Waals surface area contributed by atoms with Crippen LogP contribution in [0.1, 0.15) is 49.1 Å². The van der Waals surface area contributed by atoms with E-state index in [2.05, 4.69) is 19.9 Å². The third-order valence-electron chi connectivity index (χ3n) is 7.80. The van der Waals surface area contributed by atoms with E-state index >= 15 is 0 Å². The molecule has 1 saturated heterocycles. The molecule has 0 radical (unpaired) electrons. The van der Waals surface area contributed by atoms with Gasteiger partial charge in [-0.25, -0.2) is 29.6 Å². The Morgan fingerprint density at radius 1 is 1.02 bits per heavy atom. The molecule has 0 amide bonds. The van der Waals surface area contributed by atoms with Gasteiger partial charge in [-0.2, -0.15) is 18.3 Å². The average molecular weight is 576 g/mol. The lowest BCUT2D eigenvalue weighted by atomic mass is 10.1. The molecule has 0 N–H and O–H groups in total. The highest BCUT2D eigenvalue weighted by molar-refractivity contribution is 5.89. The van der Waals surface area contributed by atoms with Gasteiger partial charge in [-0.15, -0.1) is 0 Å². The monoisotopic (exact) mass is 575 g/mol. The first kappa shape index (κ1) is 26.4. The lowest BCUT2D eigenvalue weighted by Gasteiger charge is -2.31. The molecular formula is C29H28F3N9O. The van der Waals surface area contributed by atoms with E-state index in [1.54, 1.807) is 26.2 Å². The predicted molar refractivity (Wildman–Crippen MR) is 149 cm³/mol. The molecule has 0 unspecified atom stereocenters. The fourth-order valence-corrected chi connectivity index (χ4v) is 5.30. The molecule has 7 rings (SSSR count). The number of fused-ring (bicyclic) bond motifs is 1. The third kappa shape index (κ3) is 4.62. The number of hydrogen-bond donors (Lipinski definition) is 0. The molecule has 5 aromatic rings. The summed E-state index contributed by atoms with van der Waals surface area (Å²) in [5, 5.41) is 5.78. The van der Waals surface area contributed by atoms with Gasteiger partial charge in [0.15, 0.2) is 23.0 Å². The zero-order chi connectivity index (χ0) is 29.0. The van der Waals surface area contributed by atoms with Crippen molar-refractivity contribution in [2.24, 2.45) is 0 Å². The van der Waals surface area contributed by atoms with Crippen LogP contribution in [0.2, 0.25) is 0 Å². The number of methoxy groups -OCH3 is 1. The van der Waals surface area contributed by atoms with Crippen LogP contribution in [0.15, 0.2) is 43.0 Å². The van der Waals surface area contributed by atoms with Crippen LogP contribution in [-0.2, 0) is 19.3 Å². The Bertz CT molecular complexity index is 1770. The SMILES string of the molecule is CCn1cc(C(F)(F)F)nc1-c1ccc(Cn2nc(N3CCC3)c3cnc(-c4c(OC)ncnc4C4CC4)nc32)cc1. The van der Waals surface area contributed by atoms with Crippen LogP contribution in [0.25, 0.3) is 33.8 Å². The van der Waals surface area contributed by atoms with Crippen LogP contribution in [0, 0.1) is 0 Å². The van der Waals surface area contributed by atoms with Crippen molar-refractivity contribution in [3.8, 4) is 28.7 Å². The van der Waals surface area contributed by atoms with E-state index in [-0.39, 0.29) is 5.82 Å². The number of alkyl halides is 3. The lowest BCUT2D eigenvalue weighted by molar-refractivity contribution is -0.140. The zero-order valence-corrected chi connectivity index (χ0v) is 23.1. The Morgan fingerprint density at radius 3 is 2.45 bits per heavy atom. The second-order valence-electron chi connectivity index (χ2n) is 10.6. The number of rotatable bonds is 8. The van der Waals surface area contributed by atoms with Crippen molar-refractivity contribution < 1.29 is 17.9 Å². The van der Waals surface area contributed by atoms with E-state index in [1.165, 1.54) is 10.9 Å². The maximum absolute atomic E-state index is 13.3. The van der Waals surface area contributed by atoms with E-state index in [4.69, 9.17) is 19.8 Å². The summed E-state index contributed by atoms with van der Waals surface area (Å²) in [7, 11) is 1.58. The van der Waals surface area contributed by atoms with E-state index in [0.717, 1.165) is 61.0 Å². The van der Waals surface area contributed by atoms with Crippen molar-refractivity contribution in [3.05, 3.63) is 59.9 Å². The summed E-state index contributed by atoms with van der Waals surface area (Å²) in [6.45, 7) is 4.41. The van der Waals surface area contributed by atoms with Crippen molar-refractivity contribution in [1.82, 2.24) is 39.3 Å². The first-order valence-corrected chi connectivity index (χ1v) is 14.0. The predicted octanol–water partition coefficient (Wildman–Crippen LogP) is 5.33. The van der Waals surface area contributed by atoms with Gasteiger partial charge < -0.3 is 14.2 Å². The van der Waals surface area contributed by atoms with Gasteiger partial charge in [0, 0.05) is 43.5 Å². The molecule has 10 nitrogen and oxygen atoms in total. The van der Waals surface area contributed by atoms with Gasteiger partial charge in [0.2, 0.25) is 5.88 Å². The molecule has 216 valence electrons. The van der Waals surface area contributed by atoms with Crippen molar-refractivity contribution in [3.63, 3.8) is 0 Å². The maximum atomic E-state index is 13.3. The largest absolute Gasteiger partial charge is 0.480 e. The number of aryl methyl sites for hydroxylation is 1. The Hall–Kier alpha value is -4.55. The first-order chi connectivity index (χ1) is 20.3. The van der Waals surface area contributed by atoms with E-state index in [9.17, 15) is 13.2 Å². The molecule has 0 spiro atoms. The number of benzene rings is 1. The molecule has 4 aromatic heterocycles. The molecule has 13 heteroatoms. The molecule has 1 aliphatic carbocycles. The number of anilines is 1. The minimum absolute atomic E-state index is 0.281. The third-order valence-corrected chi connectivity index (χ3v) is 7.80. The number of nitrogens with zero attached hydrogens (tertiary/aromatic N) is 9. The normalized spacial score (nSPS) is 15.3. The molecule has 1 aromatic carbocycles. The van der Waals surface area contributed by atoms with Crippen molar-refractivity contribution in [1.29, 1.82) is 0 Å². The Labute approximate surface area is 239 Å². The summed E-state index contributed by atoms with van der Waals surface area (Å²) in [6.07, 6.45) is 3.08. The minimum atomic E-state index is -4.50. The molecule has 0 atom stereocenters.